The molecule has 0 radical (unpaired) electrons. The van der Waals surface area contributed by atoms with Crippen LogP contribution in [0.5, 0.6) is 0 Å². The van der Waals surface area contributed by atoms with Gasteiger partial charge in [-0.2, -0.15) is 0 Å². The second-order valence-corrected chi connectivity index (χ2v) is 4.90. The van der Waals surface area contributed by atoms with Gasteiger partial charge in [0.1, 0.15) is 12.0 Å². The van der Waals surface area contributed by atoms with Crippen LogP contribution in [0.25, 0.3) is 0 Å². The van der Waals surface area contributed by atoms with Gasteiger partial charge >= 0.3 is 0 Å². The predicted octanol–water partition coefficient (Wildman–Crippen LogP) is 2.18. The number of hydrogen-bond donors (Lipinski definition) is 3. The summed E-state index contributed by atoms with van der Waals surface area (Å²) in [5, 5.41) is 12.4. The minimum atomic E-state index is 0.0543. The number of aliphatic hydroxyl groups excluding tert-OH is 1. The van der Waals surface area contributed by atoms with E-state index in [0.29, 0.717) is 30.4 Å². The third-order valence-electron chi connectivity index (χ3n) is 3.57. The molecule has 0 atom stereocenters. The van der Waals surface area contributed by atoms with Crippen molar-refractivity contribution in [1.82, 2.24) is 9.97 Å². The van der Waals surface area contributed by atoms with Gasteiger partial charge in [-0.1, -0.05) is 25.1 Å². The highest BCUT2D eigenvalue weighted by molar-refractivity contribution is 5.78. The number of likely N-dealkylation sites (N-methyl/N-ethyl adjacent to an activating group) is 1. The van der Waals surface area contributed by atoms with Gasteiger partial charge in [-0.25, -0.2) is 9.97 Å². The third-order valence-corrected chi connectivity index (χ3v) is 3.57. The number of rotatable bonds is 7. The standard InChI is InChI=1S/C16H23N5O/c1-3-12-7-5-6-8-13(12)20-15-14(17)16(19-11-18-15)21(4-2)9-10-22/h5-8,11,22H,3-4,9-10,17H2,1-2H3,(H,18,19,20). The second kappa shape index (κ2) is 7.61. The number of hydrogen-bond acceptors (Lipinski definition) is 6. The lowest BCUT2D eigenvalue weighted by Gasteiger charge is -2.23. The molecule has 22 heavy (non-hydrogen) atoms. The zero-order chi connectivity index (χ0) is 15.9. The number of nitrogens with one attached hydrogen (secondary N) is 1. The zero-order valence-corrected chi connectivity index (χ0v) is 13.1. The fraction of sp³-hybridized carbons (Fsp3) is 0.375. The van der Waals surface area contributed by atoms with Crippen LogP contribution in [0.2, 0.25) is 0 Å². The van der Waals surface area contributed by atoms with Crippen LogP contribution < -0.4 is 16.0 Å². The molecule has 1 aromatic heterocycles. The topological polar surface area (TPSA) is 87.3 Å². The van der Waals surface area contributed by atoms with Gasteiger partial charge in [-0.3, -0.25) is 0 Å². The van der Waals surface area contributed by atoms with Crippen LogP contribution in [-0.4, -0.2) is 34.8 Å². The van der Waals surface area contributed by atoms with Crippen LogP contribution in [0.3, 0.4) is 0 Å². The van der Waals surface area contributed by atoms with Crippen LogP contribution in [0, 0.1) is 0 Å². The van der Waals surface area contributed by atoms with Gasteiger partial charge in [0.15, 0.2) is 11.6 Å². The van der Waals surface area contributed by atoms with E-state index in [1.807, 2.05) is 30.0 Å². The van der Waals surface area contributed by atoms with E-state index in [2.05, 4.69) is 28.3 Å². The molecule has 1 heterocycles. The van der Waals surface area contributed by atoms with Crippen molar-refractivity contribution in [2.75, 3.05) is 35.6 Å². The molecule has 4 N–H and O–H groups in total. The summed E-state index contributed by atoms with van der Waals surface area (Å²) in [6.07, 6.45) is 2.41. The first-order valence-corrected chi connectivity index (χ1v) is 7.52. The molecule has 2 aromatic rings. The Hall–Kier alpha value is -2.34. The van der Waals surface area contributed by atoms with Crippen LogP contribution in [0.1, 0.15) is 19.4 Å². The largest absolute Gasteiger partial charge is 0.395 e. The Morgan fingerprint density at radius 3 is 2.68 bits per heavy atom. The lowest BCUT2D eigenvalue weighted by Crippen LogP contribution is -2.28. The molecule has 6 heteroatoms. The van der Waals surface area contributed by atoms with Crippen molar-refractivity contribution in [3.8, 4) is 0 Å². The first-order chi connectivity index (χ1) is 10.7. The summed E-state index contributed by atoms with van der Waals surface area (Å²) in [4.78, 5) is 10.4. The van der Waals surface area contributed by atoms with Crippen molar-refractivity contribution in [2.45, 2.75) is 20.3 Å². The second-order valence-electron chi connectivity index (χ2n) is 4.90. The maximum atomic E-state index is 9.15. The number of benzene rings is 1. The molecule has 0 aliphatic heterocycles. The number of nitrogens with zero attached hydrogens (tertiary/aromatic N) is 3. The third kappa shape index (κ3) is 3.46. The van der Waals surface area contributed by atoms with Gasteiger partial charge in [0, 0.05) is 18.8 Å². The fourth-order valence-corrected chi connectivity index (χ4v) is 2.35. The highest BCUT2D eigenvalue weighted by Crippen LogP contribution is 2.29. The Kier molecular flexibility index (Phi) is 5.55. The lowest BCUT2D eigenvalue weighted by molar-refractivity contribution is 0.302. The molecule has 0 unspecified atom stereocenters. The molecule has 0 aliphatic rings. The highest BCUT2D eigenvalue weighted by atomic mass is 16.3. The van der Waals surface area contributed by atoms with E-state index in [4.69, 9.17) is 10.8 Å². The Balaban J connectivity index is 2.32. The van der Waals surface area contributed by atoms with Gasteiger partial charge in [-0.15, -0.1) is 0 Å². The van der Waals surface area contributed by atoms with Crippen LogP contribution in [0.4, 0.5) is 23.0 Å². The average molecular weight is 301 g/mol. The van der Waals surface area contributed by atoms with E-state index in [-0.39, 0.29) is 6.61 Å². The summed E-state index contributed by atoms with van der Waals surface area (Å²) in [6.45, 7) is 5.36. The molecule has 1 aromatic carbocycles. The molecule has 0 saturated heterocycles. The van der Waals surface area contributed by atoms with E-state index in [1.165, 1.54) is 11.9 Å². The van der Waals surface area contributed by atoms with Crippen molar-refractivity contribution in [1.29, 1.82) is 0 Å². The number of nitrogen functional groups attached to an aromatic ring is 1. The van der Waals surface area contributed by atoms with E-state index < -0.39 is 0 Å². The molecule has 118 valence electrons. The smallest absolute Gasteiger partial charge is 0.159 e. The highest BCUT2D eigenvalue weighted by Gasteiger charge is 2.14. The monoisotopic (exact) mass is 301 g/mol. The summed E-state index contributed by atoms with van der Waals surface area (Å²) in [7, 11) is 0. The maximum Gasteiger partial charge on any atom is 0.159 e. The molecule has 0 aliphatic carbocycles. The Labute approximate surface area is 131 Å². The first kappa shape index (κ1) is 16.0. The average Bonchev–Trinajstić information content (AvgIpc) is 2.55. The Bertz CT molecular complexity index is 617. The van der Waals surface area contributed by atoms with Crippen molar-refractivity contribution < 1.29 is 5.11 Å². The van der Waals surface area contributed by atoms with Crippen molar-refractivity contribution in [3.63, 3.8) is 0 Å². The molecule has 0 spiro atoms. The van der Waals surface area contributed by atoms with E-state index in [9.17, 15) is 0 Å². The van der Waals surface area contributed by atoms with Crippen LogP contribution >= 0.6 is 0 Å². The number of aromatic nitrogens is 2. The molecule has 0 amide bonds. The summed E-state index contributed by atoms with van der Waals surface area (Å²) in [6, 6.07) is 8.07. The quantitative estimate of drug-likeness (QED) is 0.726. The van der Waals surface area contributed by atoms with Crippen molar-refractivity contribution in [3.05, 3.63) is 36.2 Å². The number of anilines is 4. The Morgan fingerprint density at radius 2 is 2.00 bits per heavy atom. The predicted molar refractivity (Wildman–Crippen MR) is 90.5 cm³/mol. The van der Waals surface area contributed by atoms with Crippen LogP contribution in [-0.2, 0) is 6.42 Å². The van der Waals surface area contributed by atoms with E-state index >= 15 is 0 Å². The lowest BCUT2D eigenvalue weighted by atomic mass is 10.1. The molecule has 0 bridgehead atoms. The molecule has 0 saturated carbocycles. The van der Waals surface area contributed by atoms with Gasteiger partial charge in [0.2, 0.25) is 0 Å². The normalized spacial score (nSPS) is 10.5. The number of aryl methyl sites for hydroxylation is 1. The summed E-state index contributed by atoms with van der Waals surface area (Å²) in [5.74, 6) is 1.23. The Morgan fingerprint density at radius 1 is 1.23 bits per heavy atom. The fourth-order valence-electron chi connectivity index (χ4n) is 2.35. The van der Waals surface area contributed by atoms with E-state index in [0.717, 1.165) is 12.1 Å². The minimum Gasteiger partial charge on any atom is -0.395 e. The zero-order valence-electron chi connectivity index (χ0n) is 13.1. The van der Waals surface area contributed by atoms with Gasteiger partial charge < -0.3 is 21.1 Å². The minimum absolute atomic E-state index is 0.0543. The number of nitrogens with two attached hydrogens (primary N) is 1. The molecular formula is C16H23N5O. The van der Waals surface area contributed by atoms with Crippen LogP contribution in [0.15, 0.2) is 30.6 Å². The SMILES string of the molecule is CCc1ccccc1Nc1ncnc(N(CC)CCO)c1N. The first-order valence-electron chi connectivity index (χ1n) is 7.52. The summed E-state index contributed by atoms with van der Waals surface area (Å²) < 4.78 is 0. The molecule has 2 rings (SSSR count). The van der Waals surface area contributed by atoms with E-state index in [1.54, 1.807) is 0 Å². The summed E-state index contributed by atoms with van der Waals surface area (Å²) in [5.41, 5.74) is 8.90. The number of para-hydroxylation sites is 1. The molecular weight excluding hydrogens is 278 g/mol. The van der Waals surface area contributed by atoms with Gasteiger partial charge in [0.25, 0.3) is 0 Å². The number of aliphatic hydroxyl groups is 1. The van der Waals surface area contributed by atoms with Crippen molar-refractivity contribution in [2.24, 2.45) is 0 Å². The maximum absolute atomic E-state index is 9.15. The summed E-state index contributed by atoms with van der Waals surface area (Å²) >= 11 is 0. The van der Waals surface area contributed by atoms with Gasteiger partial charge in [0.05, 0.1) is 6.61 Å². The van der Waals surface area contributed by atoms with Crippen molar-refractivity contribution >= 4 is 23.0 Å². The van der Waals surface area contributed by atoms with Gasteiger partial charge in [-0.05, 0) is 25.0 Å². The molecule has 0 fully saturated rings. The molecule has 6 nitrogen and oxygen atoms in total.